The number of benzene rings is 5. The molecule has 0 atom stereocenters. The number of fused-ring (bicyclic) bond motifs is 3. The number of ether oxygens (including phenoxy) is 3. The highest BCUT2D eigenvalue weighted by molar-refractivity contribution is 6.19. The number of aryl methyl sites for hydroxylation is 1. The van der Waals surface area contributed by atoms with E-state index in [9.17, 15) is 0 Å². The lowest BCUT2D eigenvalue weighted by molar-refractivity contribution is 0.240. The Kier molecular flexibility index (Phi) is 6.72. The number of hydrogen-bond donors (Lipinski definition) is 0. The molecule has 5 rings (SSSR count). The molecule has 0 saturated carbocycles. The van der Waals surface area contributed by atoms with Crippen LogP contribution in [0, 0.1) is 6.92 Å². The molecule has 0 fully saturated rings. The highest BCUT2D eigenvalue weighted by Gasteiger charge is 2.23. The van der Waals surface area contributed by atoms with Crippen LogP contribution in [-0.4, -0.2) is 18.3 Å². The topological polar surface area (TPSA) is 27.7 Å². The lowest BCUT2D eigenvalue weighted by Crippen LogP contribution is -2.10. The second-order valence-electron chi connectivity index (χ2n) is 10.6. The van der Waals surface area contributed by atoms with Crippen molar-refractivity contribution in [3.63, 3.8) is 0 Å². The SMILES string of the molecule is Cc1ccc2c(-c3cc(OC(C)C)c4ccccc4c3OC(C)C)c3ccccc3c(OC(C)C)c2c1. The van der Waals surface area contributed by atoms with Gasteiger partial charge in [0.05, 0.1) is 18.3 Å². The summed E-state index contributed by atoms with van der Waals surface area (Å²) in [6, 6.07) is 25.7. The summed E-state index contributed by atoms with van der Waals surface area (Å²) in [4.78, 5) is 0. The Bertz CT molecular complexity index is 1590. The third-order valence-corrected chi connectivity index (χ3v) is 6.43. The van der Waals surface area contributed by atoms with Crippen LogP contribution in [0.3, 0.4) is 0 Å². The molecule has 0 aliphatic heterocycles. The van der Waals surface area contributed by atoms with E-state index in [1.165, 1.54) is 5.56 Å². The van der Waals surface area contributed by atoms with Crippen LogP contribution in [-0.2, 0) is 0 Å². The second-order valence-corrected chi connectivity index (χ2v) is 10.6. The fraction of sp³-hybridized carbons (Fsp3) is 0.294. The summed E-state index contributed by atoms with van der Waals surface area (Å²) >= 11 is 0. The van der Waals surface area contributed by atoms with Crippen molar-refractivity contribution in [2.75, 3.05) is 0 Å². The lowest BCUT2D eigenvalue weighted by atomic mass is 9.88. The molecule has 0 radical (unpaired) electrons. The molecule has 0 saturated heterocycles. The molecule has 190 valence electrons. The number of rotatable bonds is 7. The monoisotopic (exact) mass is 492 g/mol. The summed E-state index contributed by atoms with van der Waals surface area (Å²) in [7, 11) is 0. The second kappa shape index (κ2) is 9.97. The van der Waals surface area contributed by atoms with Crippen molar-refractivity contribution >= 4 is 32.3 Å². The Morgan fingerprint density at radius 1 is 0.486 bits per heavy atom. The van der Waals surface area contributed by atoms with Gasteiger partial charge in [-0.2, -0.15) is 0 Å². The third kappa shape index (κ3) is 4.71. The minimum atomic E-state index is 0.0161. The first-order valence-corrected chi connectivity index (χ1v) is 13.3. The van der Waals surface area contributed by atoms with Crippen LogP contribution in [0.5, 0.6) is 17.2 Å². The van der Waals surface area contributed by atoms with E-state index in [2.05, 4.69) is 121 Å². The molecule has 5 aromatic carbocycles. The van der Waals surface area contributed by atoms with Crippen LogP contribution in [0.25, 0.3) is 43.4 Å². The molecule has 3 heteroatoms. The summed E-state index contributed by atoms with van der Waals surface area (Å²) in [5.41, 5.74) is 3.37. The Morgan fingerprint density at radius 3 is 1.62 bits per heavy atom. The molecule has 0 spiro atoms. The highest BCUT2D eigenvalue weighted by Crippen LogP contribution is 2.50. The van der Waals surface area contributed by atoms with E-state index >= 15 is 0 Å². The summed E-state index contributed by atoms with van der Waals surface area (Å²) in [5.74, 6) is 2.67. The molecule has 0 N–H and O–H groups in total. The van der Waals surface area contributed by atoms with E-state index in [-0.39, 0.29) is 18.3 Å². The number of hydrogen-bond acceptors (Lipinski definition) is 3. The summed E-state index contributed by atoms with van der Waals surface area (Å²) in [6.45, 7) is 14.6. The maximum atomic E-state index is 6.60. The lowest BCUT2D eigenvalue weighted by Gasteiger charge is -2.24. The van der Waals surface area contributed by atoms with Crippen molar-refractivity contribution in [2.45, 2.75) is 66.8 Å². The average molecular weight is 493 g/mol. The fourth-order valence-corrected chi connectivity index (χ4v) is 5.12. The minimum Gasteiger partial charge on any atom is -0.490 e. The van der Waals surface area contributed by atoms with Crippen molar-refractivity contribution < 1.29 is 14.2 Å². The van der Waals surface area contributed by atoms with E-state index in [0.717, 1.165) is 60.7 Å². The first kappa shape index (κ1) is 25.0. The molecule has 0 aliphatic rings. The molecule has 0 aromatic heterocycles. The largest absolute Gasteiger partial charge is 0.490 e. The fourth-order valence-electron chi connectivity index (χ4n) is 5.12. The summed E-state index contributed by atoms with van der Waals surface area (Å²) in [5, 5.41) is 6.58. The van der Waals surface area contributed by atoms with E-state index in [4.69, 9.17) is 14.2 Å². The zero-order valence-corrected chi connectivity index (χ0v) is 22.9. The van der Waals surface area contributed by atoms with Gasteiger partial charge in [0, 0.05) is 32.7 Å². The summed E-state index contributed by atoms with van der Waals surface area (Å²) in [6.07, 6.45) is 0.123. The maximum absolute atomic E-state index is 6.60. The van der Waals surface area contributed by atoms with Crippen molar-refractivity contribution in [3.05, 3.63) is 78.4 Å². The highest BCUT2D eigenvalue weighted by atomic mass is 16.5. The Balaban J connectivity index is 1.99. The zero-order chi connectivity index (χ0) is 26.3. The molecule has 3 nitrogen and oxygen atoms in total. The van der Waals surface area contributed by atoms with Crippen molar-refractivity contribution in [1.29, 1.82) is 0 Å². The normalized spacial score (nSPS) is 11.8. The van der Waals surface area contributed by atoms with Crippen LogP contribution in [0.2, 0.25) is 0 Å². The quantitative estimate of drug-likeness (QED) is 0.212. The maximum Gasteiger partial charge on any atom is 0.135 e. The summed E-state index contributed by atoms with van der Waals surface area (Å²) < 4.78 is 19.5. The van der Waals surface area contributed by atoms with Crippen molar-refractivity contribution in [1.82, 2.24) is 0 Å². The Hall–Kier alpha value is -3.72. The van der Waals surface area contributed by atoms with Crippen molar-refractivity contribution in [2.24, 2.45) is 0 Å². The van der Waals surface area contributed by atoms with Gasteiger partial charge >= 0.3 is 0 Å². The van der Waals surface area contributed by atoms with E-state index in [1.54, 1.807) is 0 Å². The van der Waals surface area contributed by atoms with Crippen LogP contribution in [0.1, 0.15) is 47.1 Å². The molecule has 0 unspecified atom stereocenters. The molecular formula is C34H36O3. The zero-order valence-electron chi connectivity index (χ0n) is 22.9. The molecule has 0 amide bonds. The van der Waals surface area contributed by atoms with Crippen molar-refractivity contribution in [3.8, 4) is 28.4 Å². The third-order valence-electron chi connectivity index (χ3n) is 6.43. The predicted octanol–water partition coefficient (Wildman–Crippen LogP) is 9.48. The van der Waals surface area contributed by atoms with Gasteiger partial charge in [0.1, 0.15) is 17.2 Å². The standard InChI is InChI=1S/C34H36O3/c1-20(2)35-31-19-30(34(37-22(5)6)27-14-10-8-12-24(27)31)32-25-13-9-11-15-28(25)33(36-21(3)4)29-18-23(7)16-17-26(29)32/h8-22H,1-7H3. The van der Waals surface area contributed by atoms with Crippen LogP contribution >= 0.6 is 0 Å². The van der Waals surface area contributed by atoms with Gasteiger partial charge in [-0.05, 0) is 71.4 Å². The molecule has 5 aromatic rings. The van der Waals surface area contributed by atoms with Crippen LogP contribution < -0.4 is 14.2 Å². The first-order chi connectivity index (χ1) is 17.7. The van der Waals surface area contributed by atoms with Gasteiger partial charge in [-0.3, -0.25) is 0 Å². The van der Waals surface area contributed by atoms with E-state index < -0.39 is 0 Å². The smallest absolute Gasteiger partial charge is 0.135 e. The average Bonchev–Trinajstić information content (AvgIpc) is 2.85. The van der Waals surface area contributed by atoms with E-state index in [1.807, 2.05) is 0 Å². The van der Waals surface area contributed by atoms with Gasteiger partial charge in [-0.15, -0.1) is 0 Å². The van der Waals surface area contributed by atoms with Gasteiger partial charge in [0.25, 0.3) is 0 Å². The van der Waals surface area contributed by atoms with Gasteiger partial charge in [0.2, 0.25) is 0 Å². The Labute approximate surface area is 220 Å². The van der Waals surface area contributed by atoms with Gasteiger partial charge < -0.3 is 14.2 Å². The van der Waals surface area contributed by atoms with Crippen LogP contribution in [0.15, 0.2) is 72.8 Å². The van der Waals surface area contributed by atoms with Gasteiger partial charge in [-0.1, -0.05) is 66.2 Å². The minimum absolute atomic E-state index is 0.0161. The molecule has 37 heavy (non-hydrogen) atoms. The first-order valence-electron chi connectivity index (χ1n) is 13.3. The van der Waals surface area contributed by atoms with E-state index in [0.29, 0.717) is 0 Å². The molecule has 0 bridgehead atoms. The molecular weight excluding hydrogens is 456 g/mol. The van der Waals surface area contributed by atoms with Gasteiger partial charge in [-0.25, -0.2) is 0 Å². The van der Waals surface area contributed by atoms with Gasteiger partial charge in [0.15, 0.2) is 0 Å². The molecule has 0 heterocycles. The van der Waals surface area contributed by atoms with Crippen LogP contribution in [0.4, 0.5) is 0 Å². The molecule has 0 aliphatic carbocycles. The predicted molar refractivity (Wildman–Crippen MR) is 156 cm³/mol. The Morgan fingerprint density at radius 2 is 1.00 bits per heavy atom.